The van der Waals surface area contributed by atoms with E-state index in [-0.39, 0.29) is 22.7 Å². The molecule has 2 N–H and O–H groups in total. The van der Waals surface area contributed by atoms with Gasteiger partial charge in [0.05, 0.1) is 24.3 Å². The molecule has 0 unspecified atom stereocenters. The zero-order valence-electron chi connectivity index (χ0n) is 26.1. The van der Waals surface area contributed by atoms with Crippen LogP contribution >= 0.6 is 23.2 Å². The van der Waals surface area contributed by atoms with Crippen LogP contribution in [0.25, 0.3) is 0 Å². The van der Waals surface area contributed by atoms with Gasteiger partial charge < -0.3 is 10.2 Å². The molecule has 2 fully saturated rings. The second kappa shape index (κ2) is 12.9. The van der Waals surface area contributed by atoms with Gasteiger partial charge in [0, 0.05) is 10.0 Å². The minimum Gasteiger partial charge on any atom is -0.387 e. The van der Waals surface area contributed by atoms with E-state index in [0.29, 0.717) is 13.1 Å². The highest BCUT2D eigenvalue weighted by atomic mass is 35.5. The fourth-order valence-electron chi connectivity index (χ4n) is 7.25. The van der Waals surface area contributed by atoms with Gasteiger partial charge in [-0.2, -0.15) is 10.2 Å². The first-order valence-electron chi connectivity index (χ1n) is 15.4. The first-order chi connectivity index (χ1) is 20.8. The van der Waals surface area contributed by atoms with Crippen molar-refractivity contribution in [2.75, 3.05) is 0 Å². The van der Waals surface area contributed by atoms with E-state index in [0.717, 1.165) is 48.6 Å². The van der Waals surface area contributed by atoms with Crippen LogP contribution < -0.4 is 0 Å². The summed E-state index contributed by atoms with van der Waals surface area (Å²) < 4.78 is 3.48. The lowest BCUT2D eigenvalue weighted by Crippen LogP contribution is -2.49. The summed E-state index contributed by atoms with van der Waals surface area (Å²) >= 11 is 11.9. The molecule has 2 aromatic heterocycles. The van der Waals surface area contributed by atoms with Gasteiger partial charge in [-0.05, 0) is 96.6 Å². The summed E-state index contributed by atoms with van der Waals surface area (Å²) in [7, 11) is 0. The molecule has 2 aliphatic rings. The molecule has 44 heavy (non-hydrogen) atoms. The molecule has 0 aliphatic heterocycles. The molecule has 4 atom stereocenters. The highest BCUT2D eigenvalue weighted by Gasteiger charge is 2.55. The Morgan fingerprint density at radius 2 is 1.02 bits per heavy atom. The van der Waals surface area contributed by atoms with Gasteiger partial charge in [0.2, 0.25) is 0 Å². The predicted molar refractivity (Wildman–Crippen MR) is 173 cm³/mol. The van der Waals surface area contributed by atoms with Crippen molar-refractivity contribution in [3.05, 3.63) is 95.0 Å². The minimum atomic E-state index is -0.791. The second-order valence-corrected chi connectivity index (χ2v) is 14.8. The number of nitrogens with zero attached hydrogens (tertiary/aromatic N) is 6. The fourth-order valence-corrected chi connectivity index (χ4v) is 7.50. The number of aliphatic hydroxyl groups is 2. The van der Waals surface area contributed by atoms with Crippen molar-refractivity contribution < 1.29 is 10.2 Å². The van der Waals surface area contributed by atoms with Gasteiger partial charge in [-0.3, -0.25) is 9.36 Å². The zero-order chi connectivity index (χ0) is 31.6. The third-order valence-electron chi connectivity index (χ3n) is 10.5. The lowest BCUT2D eigenvalue weighted by Gasteiger charge is -2.40. The monoisotopic (exact) mass is 638 g/mol. The lowest BCUT2D eigenvalue weighted by atomic mass is 9.72. The maximum atomic E-state index is 11.5. The molecule has 0 radical (unpaired) electrons. The molecule has 10 heteroatoms. The second-order valence-electron chi connectivity index (χ2n) is 13.9. The molecular weight excluding hydrogens is 595 g/mol. The van der Waals surface area contributed by atoms with Gasteiger partial charge in [-0.1, -0.05) is 75.2 Å². The van der Waals surface area contributed by atoms with Crippen LogP contribution in [0.1, 0.15) is 64.5 Å². The van der Waals surface area contributed by atoms with Gasteiger partial charge in [-0.15, -0.1) is 0 Å². The van der Waals surface area contributed by atoms with Gasteiger partial charge in [0.15, 0.2) is 0 Å². The average molecular weight is 640 g/mol. The molecule has 0 spiro atoms. The average Bonchev–Trinajstić information content (AvgIpc) is 3.76. The van der Waals surface area contributed by atoms with Gasteiger partial charge in [0.25, 0.3) is 0 Å². The Morgan fingerprint density at radius 1 is 0.659 bits per heavy atom. The predicted octanol–water partition coefficient (Wildman–Crippen LogP) is 6.68. The van der Waals surface area contributed by atoms with Crippen molar-refractivity contribution in [3.63, 3.8) is 0 Å². The Balaban J connectivity index is 0.000000175. The number of hydrogen-bond donors (Lipinski definition) is 2. The molecule has 236 valence electrons. The Morgan fingerprint density at radius 3 is 1.34 bits per heavy atom. The summed E-state index contributed by atoms with van der Waals surface area (Å²) in [5.41, 5.74) is 0.556. The Kier molecular flexibility index (Phi) is 9.57. The molecule has 8 nitrogen and oxygen atoms in total. The van der Waals surface area contributed by atoms with Crippen LogP contribution in [0.3, 0.4) is 0 Å². The van der Waals surface area contributed by atoms with Gasteiger partial charge in [0.1, 0.15) is 25.3 Å². The first-order valence-corrected chi connectivity index (χ1v) is 16.2. The molecule has 4 aromatic rings. The standard InChI is InChI=1S/2C17H22ClN3O/c2*1-16(2)8-7-14(9-13-3-5-15(18)6-4-13)17(16,22)10-21-12-19-11-20-21/h2*3-6,11-12,14,22H,7-10H2,1-2H3/t14-,17+;14-,17-/m11/s1. The molecule has 0 amide bonds. The molecular formula is C34H44Cl2N6O2. The quantitative estimate of drug-likeness (QED) is 0.223. The SMILES string of the molecule is CC1(C)CC[C@H](Cc2ccc(Cl)cc2)[C@@]1(O)Cn1cncn1.CC1(C)CC[C@H](Cc2ccc(Cl)cc2)[C@]1(O)Cn1cncn1. The van der Waals surface area contributed by atoms with E-state index >= 15 is 0 Å². The Labute approximate surface area is 270 Å². The highest BCUT2D eigenvalue weighted by Crippen LogP contribution is 2.52. The molecule has 0 bridgehead atoms. The van der Waals surface area contributed by atoms with Crippen molar-refractivity contribution in [3.8, 4) is 0 Å². The maximum absolute atomic E-state index is 11.5. The Bertz CT molecular complexity index is 1360. The normalized spacial score (nSPS) is 27.2. The van der Waals surface area contributed by atoms with E-state index < -0.39 is 11.2 Å². The highest BCUT2D eigenvalue weighted by molar-refractivity contribution is 6.30. The fraction of sp³-hybridized carbons (Fsp3) is 0.529. The minimum absolute atomic E-state index is 0.143. The topological polar surface area (TPSA) is 102 Å². The van der Waals surface area contributed by atoms with Crippen LogP contribution in [-0.2, 0) is 25.9 Å². The molecule has 2 aliphatic carbocycles. The van der Waals surface area contributed by atoms with Crippen LogP contribution in [0.2, 0.25) is 10.0 Å². The molecule has 2 aromatic carbocycles. The summed E-state index contributed by atoms with van der Waals surface area (Å²) in [4.78, 5) is 7.98. The third-order valence-corrected chi connectivity index (χ3v) is 11.0. The van der Waals surface area contributed by atoms with Gasteiger partial charge >= 0.3 is 0 Å². The summed E-state index contributed by atoms with van der Waals surface area (Å²) in [5.74, 6) is 0.403. The van der Waals surface area contributed by atoms with E-state index in [1.54, 1.807) is 22.0 Å². The van der Waals surface area contributed by atoms with E-state index in [4.69, 9.17) is 23.2 Å². The number of rotatable bonds is 8. The maximum Gasteiger partial charge on any atom is 0.137 e. The van der Waals surface area contributed by atoms with Crippen molar-refractivity contribution in [1.29, 1.82) is 0 Å². The molecule has 2 saturated carbocycles. The van der Waals surface area contributed by atoms with Crippen molar-refractivity contribution in [1.82, 2.24) is 29.5 Å². The van der Waals surface area contributed by atoms with Crippen molar-refractivity contribution >= 4 is 23.2 Å². The van der Waals surface area contributed by atoms with E-state index in [1.807, 2.05) is 48.5 Å². The first kappa shape index (κ1) is 32.6. The third kappa shape index (κ3) is 6.89. The zero-order valence-corrected chi connectivity index (χ0v) is 27.6. The largest absolute Gasteiger partial charge is 0.387 e. The van der Waals surface area contributed by atoms with Crippen molar-refractivity contribution in [2.24, 2.45) is 22.7 Å². The number of hydrogen-bond acceptors (Lipinski definition) is 6. The summed E-state index contributed by atoms with van der Waals surface area (Å²) in [5, 5.41) is 32.7. The van der Waals surface area contributed by atoms with Gasteiger partial charge in [-0.25, -0.2) is 9.97 Å². The number of halogens is 2. The molecule has 2 heterocycles. The Hall–Kier alpha value is -2.78. The summed E-state index contributed by atoms with van der Waals surface area (Å²) in [6, 6.07) is 15.8. The number of benzene rings is 2. The lowest BCUT2D eigenvalue weighted by molar-refractivity contribution is -0.0908. The van der Waals surface area contributed by atoms with Crippen LogP contribution in [0.5, 0.6) is 0 Å². The van der Waals surface area contributed by atoms with Crippen LogP contribution in [0.4, 0.5) is 0 Å². The molecule has 6 rings (SSSR count). The van der Waals surface area contributed by atoms with Crippen LogP contribution in [0, 0.1) is 22.7 Å². The number of aromatic nitrogens is 6. The van der Waals surface area contributed by atoms with Crippen LogP contribution in [-0.4, -0.2) is 50.9 Å². The van der Waals surface area contributed by atoms with E-state index in [2.05, 4.69) is 47.9 Å². The summed E-state index contributed by atoms with van der Waals surface area (Å²) in [6.45, 7) is 9.55. The molecule has 0 saturated heterocycles. The summed E-state index contributed by atoms with van der Waals surface area (Å²) in [6.07, 6.45) is 12.1. The smallest absolute Gasteiger partial charge is 0.137 e. The van der Waals surface area contributed by atoms with E-state index in [9.17, 15) is 10.2 Å². The van der Waals surface area contributed by atoms with Crippen molar-refractivity contribution in [2.45, 2.75) is 90.5 Å². The van der Waals surface area contributed by atoms with E-state index in [1.165, 1.54) is 23.8 Å². The van der Waals surface area contributed by atoms with Crippen LogP contribution in [0.15, 0.2) is 73.8 Å².